The highest BCUT2D eigenvalue weighted by Crippen LogP contribution is 2.26. The van der Waals surface area contributed by atoms with Gasteiger partial charge in [-0.1, -0.05) is 19.9 Å². The molecule has 2 heterocycles. The molecule has 0 atom stereocenters. The monoisotopic (exact) mass is 308 g/mol. The third-order valence-electron chi connectivity index (χ3n) is 3.84. The first-order chi connectivity index (χ1) is 10.0. The van der Waals surface area contributed by atoms with E-state index in [0.717, 1.165) is 16.3 Å². The van der Waals surface area contributed by atoms with Gasteiger partial charge >= 0.3 is 5.97 Å². The molecule has 0 bridgehead atoms. The van der Waals surface area contributed by atoms with E-state index in [1.165, 1.54) is 0 Å². The van der Waals surface area contributed by atoms with Crippen molar-refractivity contribution in [2.75, 3.05) is 0 Å². The van der Waals surface area contributed by atoms with Gasteiger partial charge in [0.2, 0.25) is 5.89 Å². The van der Waals surface area contributed by atoms with Crippen molar-refractivity contribution >= 4 is 17.3 Å². The summed E-state index contributed by atoms with van der Waals surface area (Å²) in [6.07, 6.45) is 1.04. The Bertz CT molecular complexity index is 600. The molecule has 0 saturated heterocycles. The third-order valence-corrected chi connectivity index (χ3v) is 4.69. The van der Waals surface area contributed by atoms with E-state index in [0.29, 0.717) is 25.3 Å². The van der Waals surface area contributed by atoms with Crippen molar-refractivity contribution in [1.29, 1.82) is 0 Å². The zero-order valence-corrected chi connectivity index (χ0v) is 13.3. The molecule has 0 unspecified atom stereocenters. The van der Waals surface area contributed by atoms with Crippen LogP contribution in [0.2, 0.25) is 0 Å². The van der Waals surface area contributed by atoms with E-state index in [9.17, 15) is 9.90 Å². The van der Waals surface area contributed by atoms with E-state index in [1.54, 1.807) is 11.3 Å². The Morgan fingerprint density at radius 3 is 2.71 bits per heavy atom. The molecule has 2 rings (SSSR count). The molecule has 2 aromatic heterocycles. The fraction of sp³-hybridized carbons (Fsp3) is 0.467. The minimum Gasteiger partial charge on any atom is -0.480 e. The summed E-state index contributed by atoms with van der Waals surface area (Å²) in [5, 5.41) is 14.5. The molecule has 0 radical (unpaired) electrons. The van der Waals surface area contributed by atoms with E-state index in [2.05, 4.69) is 10.3 Å². The van der Waals surface area contributed by atoms with Gasteiger partial charge in [0.1, 0.15) is 11.3 Å². The maximum Gasteiger partial charge on any atom is 0.323 e. The standard InChI is InChI=1S/C15H20N2O3S/c1-4-15(5-2,14(18)19)16-9-11-10(3)20-13(17-11)12-7-6-8-21-12/h6-8,16H,4-5,9H2,1-3H3,(H,18,19). The summed E-state index contributed by atoms with van der Waals surface area (Å²) in [5.41, 5.74) is -0.153. The summed E-state index contributed by atoms with van der Waals surface area (Å²) >= 11 is 1.56. The number of rotatable bonds is 7. The molecule has 0 amide bonds. The highest BCUT2D eigenvalue weighted by molar-refractivity contribution is 7.13. The van der Waals surface area contributed by atoms with Gasteiger partial charge < -0.3 is 9.52 Å². The molecular weight excluding hydrogens is 288 g/mol. The van der Waals surface area contributed by atoms with Crippen molar-refractivity contribution in [2.24, 2.45) is 0 Å². The lowest BCUT2D eigenvalue weighted by atomic mass is 9.93. The molecule has 21 heavy (non-hydrogen) atoms. The quantitative estimate of drug-likeness (QED) is 0.819. The summed E-state index contributed by atoms with van der Waals surface area (Å²) in [6.45, 7) is 5.98. The van der Waals surface area contributed by atoms with Crippen molar-refractivity contribution < 1.29 is 14.3 Å². The second-order valence-electron chi connectivity index (χ2n) is 4.95. The normalized spacial score (nSPS) is 11.8. The van der Waals surface area contributed by atoms with Crippen LogP contribution in [0.5, 0.6) is 0 Å². The second-order valence-corrected chi connectivity index (χ2v) is 5.89. The highest BCUT2D eigenvalue weighted by Gasteiger charge is 2.34. The molecule has 2 N–H and O–H groups in total. The first-order valence-electron chi connectivity index (χ1n) is 7.01. The number of nitrogens with one attached hydrogen (secondary N) is 1. The number of carboxylic acid groups (broad SMARTS) is 1. The number of thiophene rings is 1. The van der Waals surface area contributed by atoms with Crippen molar-refractivity contribution in [2.45, 2.75) is 45.7 Å². The molecule has 6 heteroatoms. The minimum atomic E-state index is -0.908. The Hall–Kier alpha value is -1.66. The maximum atomic E-state index is 11.5. The molecule has 0 spiro atoms. The Balaban J connectivity index is 2.15. The number of aromatic nitrogens is 1. The molecule has 5 nitrogen and oxygen atoms in total. The van der Waals surface area contributed by atoms with Gasteiger partial charge in [0.25, 0.3) is 0 Å². The predicted octanol–water partition coefficient (Wildman–Crippen LogP) is 3.44. The molecule has 0 aliphatic carbocycles. The topological polar surface area (TPSA) is 75.4 Å². The first-order valence-corrected chi connectivity index (χ1v) is 7.89. The average molecular weight is 308 g/mol. The number of hydrogen-bond acceptors (Lipinski definition) is 5. The van der Waals surface area contributed by atoms with Crippen LogP contribution in [-0.2, 0) is 11.3 Å². The second kappa shape index (κ2) is 6.41. The lowest BCUT2D eigenvalue weighted by Crippen LogP contribution is -2.50. The minimum absolute atomic E-state index is 0.384. The average Bonchev–Trinajstić information content (AvgIpc) is 3.10. The fourth-order valence-electron chi connectivity index (χ4n) is 2.23. The number of hydrogen-bond donors (Lipinski definition) is 2. The van der Waals surface area contributed by atoms with Crippen LogP contribution < -0.4 is 5.32 Å². The van der Waals surface area contributed by atoms with Crippen molar-refractivity contribution in [3.05, 3.63) is 29.0 Å². The Morgan fingerprint density at radius 2 is 2.19 bits per heavy atom. The first kappa shape index (κ1) is 15.7. The molecule has 0 aromatic carbocycles. The number of aliphatic carboxylic acids is 1. The molecular formula is C15H20N2O3S. The zero-order valence-electron chi connectivity index (χ0n) is 12.5. The van der Waals surface area contributed by atoms with Gasteiger partial charge in [0.05, 0.1) is 10.6 Å². The van der Waals surface area contributed by atoms with Crippen molar-refractivity contribution in [1.82, 2.24) is 10.3 Å². The van der Waals surface area contributed by atoms with Gasteiger partial charge in [-0.05, 0) is 31.2 Å². The summed E-state index contributed by atoms with van der Waals surface area (Å²) in [6, 6.07) is 3.90. The smallest absolute Gasteiger partial charge is 0.323 e. The van der Waals surface area contributed by atoms with Crippen molar-refractivity contribution in [3.8, 4) is 10.8 Å². The van der Waals surface area contributed by atoms with Crippen LogP contribution in [0.25, 0.3) is 10.8 Å². The summed E-state index contributed by atoms with van der Waals surface area (Å²) < 4.78 is 5.66. The van der Waals surface area contributed by atoms with Crippen LogP contribution in [-0.4, -0.2) is 21.6 Å². The maximum absolute atomic E-state index is 11.5. The van der Waals surface area contributed by atoms with Crippen molar-refractivity contribution in [3.63, 3.8) is 0 Å². The van der Waals surface area contributed by atoms with E-state index in [1.807, 2.05) is 38.3 Å². The van der Waals surface area contributed by atoms with Gasteiger partial charge in [-0.3, -0.25) is 10.1 Å². The van der Waals surface area contributed by atoms with Crippen LogP contribution in [0.4, 0.5) is 0 Å². The number of oxazole rings is 1. The third kappa shape index (κ3) is 3.16. The lowest BCUT2D eigenvalue weighted by molar-refractivity contribution is -0.145. The van der Waals surface area contributed by atoms with Crippen LogP contribution in [0.15, 0.2) is 21.9 Å². The highest BCUT2D eigenvalue weighted by atomic mass is 32.1. The molecule has 0 saturated carbocycles. The largest absolute Gasteiger partial charge is 0.480 e. The van der Waals surface area contributed by atoms with Gasteiger partial charge in [-0.2, -0.15) is 0 Å². The van der Waals surface area contributed by atoms with Gasteiger partial charge in [0, 0.05) is 6.54 Å². The van der Waals surface area contributed by atoms with E-state index >= 15 is 0 Å². The number of carbonyl (C=O) groups is 1. The Morgan fingerprint density at radius 1 is 1.48 bits per heavy atom. The number of carboxylic acids is 1. The molecule has 2 aromatic rings. The summed E-state index contributed by atoms with van der Waals surface area (Å²) in [7, 11) is 0. The fourth-order valence-corrected chi connectivity index (χ4v) is 2.88. The lowest BCUT2D eigenvalue weighted by Gasteiger charge is -2.27. The van der Waals surface area contributed by atoms with Crippen LogP contribution in [0, 0.1) is 6.92 Å². The molecule has 0 aliphatic rings. The van der Waals surface area contributed by atoms with E-state index in [4.69, 9.17) is 4.42 Å². The molecule has 114 valence electrons. The van der Waals surface area contributed by atoms with Crippen LogP contribution in [0.1, 0.15) is 38.1 Å². The van der Waals surface area contributed by atoms with E-state index < -0.39 is 11.5 Å². The Kier molecular flexibility index (Phi) is 4.80. The van der Waals surface area contributed by atoms with Gasteiger partial charge in [0.15, 0.2) is 0 Å². The molecule has 0 fully saturated rings. The van der Waals surface area contributed by atoms with E-state index in [-0.39, 0.29) is 0 Å². The number of nitrogens with zero attached hydrogens (tertiary/aromatic N) is 1. The zero-order chi connectivity index (χ0) is 15.5. The molecule has 0 aliphatic heterocycles. The van der Waals surface area contributed by atoms with Crippen LogP contribution >= 0.6 is 11.3 Å². The summed E-state index contributed by atoms with van der Waals surface area (Å²) in [5.74, 6) is 0.484. The number of aryl methyl sites for hydroxylation is 1. The predicted molar refractivity (Wildman–Crippen MR) is 82.3 cm³/mol. The SMILES string of the molecule is CCC(CC)(NCc1nc(-c2cccs2)oc1C)C(=O)O. The Labute approximate surface area is 128 Å². The summed E-state index contributed by atoms with van der Waals surface area (Å²) in [4.78, 5) is 16.9. The van der Waals surface area contributed by atoms with Gasteiger partial charge in [-0.15, -0.1) is 11.3 Å². The van der Waals surface area contributed by atoms with Gasteiger partial charge in [-0.25, -0.2) is 4.98 Å². The van der Waals surface area contributed by atoms with Crippen LogP contribution in [0.3, 0.4) is 0 Å².